The summed E-state index contributed by atoms with van der Waals surface area (Å²) < 4.78 is 5.42. The number of carbonyl (C=O) groups excluding carboxylic acids is 2. The van der Waals surface area contributed by atoms with E-state index in [1.807, 2.05) is 20.8 Å². The molecule has 1 aromatic rings. The molecular weight excluding hydrogens is 366 g/mol. The Labute approximate surface area is 175 Å². The Hall–Kier alpha value is -2.08. The maximum Gasteiger partial charge on any atom is 0.410 e. The lowest BCUT2D eigenvalue weighted by Crippen LogP contribution is -2.50. The van der Waals surface area contributed by atoms with Gasteiger partial charge in [0.2, 0.25) is 5.91 Å². The number of piperazine rings is 1. The minimum atomic E-state index is -0.453. The standard InChI is InChI=1S/C23H37N3O3/c1-5-19-7-9-20(10-8-19)11-12-21(27)24-13-6-14-25-15-17-26(18-16-25)22(28)29-23(2,3)4/h7-10H,5-6,11-18H2,1-4H3,(H,24,27). The van der Waals surface area contributed by atoms with Gasteiger partial charge in [0.1, 0.15) is 5.60 Å². The molecule has 0 aliphatic carbocycles. The van der Waals surface area contributed by atoms with Crippen LogP contribution in [0, 0.1) is 0 Å². The van der Waals surface area contributed by atoms with Crippen LogP contribution in [0.2, 0.25) is 0 Å². The van der Waals surface area contributed by atoms with Crippen molar-refractivity contribution < 1.29 is 14.3 Å². The molecule has 0 unspecified atom stereocenters. The van der Waals surface area contributed by atoms with Gasteiger partial charge in [0.25, 0.3) is 0 Å². The number of carbonyl (C=O) groups is 2. The Bertz CT molecular complexity index is 644. The third-order valence-electron chi connectivity index (χ3n) is 5.07. The Morgan fingerprint density at radius 2 is 1.66 bits per heavy atom. The maximum atomic E-state index is 12.1. The Morgan fingerprint density at radius 3 is 2.24 bits per heavy atom. The average Bonchev–Trinajstić information content (AvgIpc) is 2.69. The molecule has 1 aliphatic rings. The monoisotopic (exact) mass is 403 g/mol. The first-order valence-corrected chi connectivity index (χ1v) is 10.8. The number of nitrogens with one attached hydrogen (secondary N) is 1. The van der Waals surface area contributed by atoms with Crippen molar-refractivity contribution in [1.29, 1.82) is 0 Å². The number of benzene rings is 1. The highest BCUT2D eigenvalue weighted by Gasteiger charge is 2.25. The first-order valence-electron chi connectivity index (χ1n) is 10.8. The second kappa shape index (κ2) is 11.2. The zero-order valence-electron chi connectivity index (χ0n) is 18.5. The van der Waals surface area contributed by atoms with Gasteiger partial charge in [0, 0.05) is 39.1 Å². The van der Waals surface area contributed by atoms with Crippen LogP contribution in [0.4, 0.5) is 4.79 Å². The van der Waals surface area contributed by atoms with E-state index in [-0.39, 0.29) is 12.0 Å². The van der Waals surface area contributed by atoms with Gasteiger partial charge in [0.15, 0.2) is 0 Å². The molecule has 6 nitrogen and oxygen atoms in total. The minimum absolute atomic E-state index is 0.110. The number of hydrogen-bond acceptors (Lipinski definition) is 4. The molecule has 1 aromatic carbocycles. The molecule has 0 aromatic heterocycles. The molecule has 1 N–H and O–H groups in total. The highest BCUT2D eigenvalue weighted by Crippen LogP contribution is 2.12. The van der Waals surface area contributed by atoms with Gasteiger partial charge in [-0.3, -0.25) is 9.69 Å². The van der Waals surface area contributed by atoms with Gasteiger partial charge in [0.05, 0.1) is 0 Å². The quantitative estimate of drug-likeness (QED) is 0.677. The molecule has 0 spiro atoms. The molecule has 1 aliphatic heterocycles. The highest BCUT2D eigenvalue weighted by atomic mass is 16.6. The lowest BCUT2D eigenvalue weighted by Gasteiger charge is -2.35. The normalized spacial score (nSPS) is 15.2. The molecule has 2 amide bonds. The zero-order chi connectivity index (χ0) is 21.3. The van der Waals surface area contributed by atoms with Gasteiger partial charge in [-0.05, 0) is 57.7 Å². The van der Waals surface area contributed by atoms with E-state index in [2.05, 4.69) is 41.4 Å². The highest BCUT2D eigenvalue weighted by molar-refractivity contribution is 5.76. The summed E-state index contributed by atoms with van der Waals surface area (Å²) >= 11 is 0. The summed E-state index contributed by atoms with van der Waals surface area (Å²) in [6, 6.07) is 8.50. The predicted octanol–water partition coefficient (Wildman–Crippen LogP) is 3.24. The molecule has 6 heteroatoms. The Kier molecular flexibility index (Phi) is 8.96. The van der Waals surface area contributed by atoms with Crippen molar-refractivity contribution in [3.8, 4) is 0 Å². The predicted molar refractivity (Wildman–Crippen MR) is 116 cm³/mol. The SMILES string of the molecule is CCc1ccc(CCC(=O)NCCCN2CCN(C(=O)OC(C)(C)C)CC2)cc1. The molecule has 0 bridgehead atoms. The van der Waals surface area contributed by atoms with Crippen molar-refractivity contribution in [3.63, 3.8) is 0 Å². The first-order chi connectivity index (χ1) is 13.8. The average molecular weight is 404 g/mol. The largest absolute Gasteiger partial charge is 0.444 e. The van der Waals surface area contributed by atoms with Crippen LogP contribution in [0.5, 0.6) is 0 Å². The molecular formula is C23H37N3O3. The molecule has 29 heavy (non-hydrogen) atoms. The number of hydrogen-bond donors (Lipinski definition) is 1. The summed E-state index contributed by atoms with van der Waals surface area (Å²) in [4.78, 5) is 28.2. The van der Waals surface area contributed by atoms with Crippen LogP contribution in [0.1, 0.15) is 51.7 Å². The van der Waals surface area contributed by atoms with Gasteiger partial charge in [-0.15, -0.1) is 0 Å². The van der Waals surface area contributed by atoms with Crippen molar-refractivity contribution in [1.82, 2.24) is 15.1 Å². The molecule has 1 fully saturated rings. The molecule has 1 saturated heterocycles. The summed E-state index contributed by atoms with van der Waals surface area (Å²) in [6.07, 6.45) is 3.04. The van der Waals surface area contributed by atoms with Crippen LogP contribution in [-0.2, 0) is 22.4 Å². The minimum Gasteiger partial charge on any atom is -0.444 e. The van der Waals surface area contributed by atoms with E-state index in [4.69, 9.17) is 4.74 Å². The van der Waals surface area contributed by atoms with E-state index in [0.29, 0.717) is 26.1 Å². The number of ether oxygens (including phenoxy) is 1. The smallest absolute Gasteiger partial charge is 0.410 e. The molecule has 0 atom stereocenters. The van der Waals surface area contributed by atoms with Crippen molar-refractivity contribution in [2.45, 2.75) is 59.0 Å². The van der Waals surface area contributed by atoms with Crippen molar-refractivity contribution in [3.05, 3.63) is 35.4 Å². The first kappa shape index (κ1) is 23.2. The van der Waals surface area contributed by atoms with E-state index in [1.54, 1.807) is 4.90 Å². The van der Waals surface area contributed by atoms with Gasteiger partial charge < -0.3 is 15.0 Å². The second-order valence-electron chi connectivity index (χ2n) is 8.68. The molecule has 2 rings (SSSR count). The topological polar surface area (TPSA) is 61.9 Å². The van der Waals surface area contributed by atoms with E-state index in [9.17, 15) is 9.59 Å². The van der Waals surface area contributed by atoms with Crippen LogP contribution in [-0.4, -0.2) is 66.7 Å². The molecule has 1 heterocycles. The number of nitrogens with zero attached hydrogens (tertiary/aromatic N) is 2. The van der Waals surface area contributed by atoms with Crippen molar-refractivity contribution >= 4 is 12.0 Å². The Morgan fingerprint density at radius 1 is 1.03 bits per heavy atom. The lowest BCUT2D eigenvalue weighted by molar-refractivity contribution is -0.121. The number of aryl methyl sites for hydroxylation is 2. The summed E-state index contributed by atoms with van der Waals surface area (Å²) in [6.45, 7) is 12.5. The van der Waals surface area contributed by atoms with E-state index < -0.39 is 5.60 Å². The second-order valence-corrected chi connectivity index (χ2v) is 8.68. The van der Waals surface area contributed by atoms with E-state index in [0.717, 1.165) is 38.9 Å². The fourth-order valence-corrected chi connectivity index (χ4v) is 3.30. The maximum absolute atomic E-state index is 12.1. The number of amides is 2. The van der Waals surface area contributed by atoms with Crippen LogP contribution in [0.15, 0.2) is 24.3 Å². The van der Waals surface area contributed by atoms with Crippen LogP contribution >= 0.6 is 0 Å². The molecule has 0 radical (unpaired) electrons. The van der Waals surface area contributed by atoms with Gasteiger partial charge in [-0.25, -0.2) is 4.79 Å². The van der Waals surface area contributed by atoms with Crippen molar-refractivity contribution in [2.24, 2.45) is 0 Å². The van der Waals surface area contributed by atoms with Crippen LogP contribution < -0.4 is 5.32 Å². The summed E-state index contributed by atoms with van der Waals surface area (Å²) in [5.41, 5.74) is 2.08. The van der Waals surface area contributed by atoms with E-state index in [1.165, 1.54) is 11.1 Å². The summed E-state index contributed by atoms with van der Waals surface area (Å²) in [5.74, 6) is 0.110. The third-order valence-corrected chi connectivity index (χ3v) is 5.07. The fourth-order valence-electron chi connectivity index (χ4n) is 3.30. The number of rotatable bonds is 8. The van der Waals surface area contributed by atoms with Gasteiger partial charge >= 0.3 is 6.09 Å². The Balaban J connectivity index is 1.55. The molecule has 162 valence electrons. The van der Waals surface area contributed by atoms with E-state index >= 15 is 0 Å². The van der Waals surface area contributed by atoms with Gasteiger partial charge in [-0.1, -0.05) is 31.2 Å². The summed E-state index contributed by atoms with van der Waals surface area (Å²) in [7, 11) is 0. The third kappa shape index (κ3) is 8.86. The van der Waals surface area contributed by atoms with Gasteiger partial charge in [-0.2, -0.15) is 0 Å². The summed E-state index contributed by atoms with van der Waals surface area (Å²) in [5, 5.41) is 3.02. The zero-order valence-corrected chi connectivity index (χ0v) is 18.5. The van der Waals surface area contributed by atoms with Crippen LogP contribution in [0.25, 0.3) is 0 Å². The molecule has 0 saturated carbocycles. The fraction of sp³-hybridized carbons (Fsp3) is 0.652. The van der Waals surface area contributed by atoms with Crippen molar-refractivity contribution in [2.75, 3.05) is 39.3 Å². The van der Waals surface area contributed by atoms with Crippen LogP contribution in [0.3, 0.4) is 0 Å². The lowest BCUT2D eigenvalue weighted by atomic mass is 10.1.